The van der Waals surface area contributed by atoms with E-state index in [1.165, 1.54) is 0 Å². The van der Waals surface area contributed by atoms with Crippen LogP contribution in [-0.2, 0) is 10.8 Å². The van der Waals surface area contributed by atoms with Gasteiger partial charge in [0.2, 0.25) is 0 Å². The third kappa shape index (κ3) is 5.70. The van der Waals surface area contributed by atoms with Gasteiger partial charge in [-0.05, 0) is 31.0 Å². The molecule has 0 aliphatic carbocycles. The van der Waals surface area contributed by atoms with Crippen LogP contribution in [0.2, 0.25) is 0 Å². The highest BCUT2D eigenvalue weighted by Gasteiger charge is 2.11. The second kappa shape index (κ2) is 8.60. The maximum Gasteiger partial charge on any atom is 0.251 e. The van der Waals surface area contributed by atoms with Crippen molar-refractivity contribution in [2.75, 3.05) is 19.4 Å². The lowest BCUT2D eigenvalue weighted by atomic mass is 10.0. The normalized spacial score (nSPS) is 13.0. The van der Waals surface area contributed by atoms with Crippen molar-refractivity contribution in [3.8, 4) is 11.8 Å². The summed E-state index contributed by atoms with van der Waals surface area (Å²) in [6.07, 6.45) is 2.35. The fourth-order valence-electron chi connectivity index (χ4n) is 1.74. The van der Waals surface area contributed by atoms with E-state index >= 15 is 0 Å². The molecule has 0 aromatic heterocycles. The zero-order chi connectivity index (χ0) is 15.8. The number of nitrogens with one attached hydrogen (secondary N) is 1. The van der Waals surface area contributed by atoms with Crippen LogP contribution in [0.25, 0.3) is 0 Å². The molecule has 2 unspecified atom stereocenters. The summed E-state index contributed by atoms with van der Waals surface area (Å²) in [4.78, 5) is 12.2. The lowest BCUT2D eigenvalue weighted by molar-refractivity contribution is 0.0952. The molecule has 0 fully saturated rings. The van der Waals surface area contributed by atoms with E-state index in [2.05, 4.69) is 17.2 Å². The molecule has 21 heavy (non-hydrogen) atoms. The van der Waals surface area contributed by atoms with Crippen molar-refractivity contribution in [2.24, 2.45) is 0 Å². The number of carbonyl (C=O) groups is 1. The predicted octanol–water partition coefficient (Wildman–Crippen LogP) is 1.23. The minimum absolute atomic E-state index is 0.0631. The maximum absolute atomic E-state index is 12.2. The molecule has 0 spiro atoms. The van der Waals surface area contributed by atoms with Crippen molar-refractivity contribution < 1.29 is 14.1 Å². The molecule has 2 N–H and O–H groups in total. The quantitative estimate of drug-likeness (QED) is 0.804. The van der Waals surface area contributed by atoms with Crippen LogP contribution in [0, 0.1) is 18.8 Å². The zero-order valence-corrected chi connectivity index (χ0v) is 13.4. The Labute approximate surface area is 128 Å². The number of hydrogen-bond donors (Lipinski definition) is 2. The lowest BCUT2D eigenvalue weighted by Gasteiger charge is -2.11. The van der Waals surface area contributed by atoms with Gasteiger partial charge in [-0.25, -0.2) is 0 Å². The van der Waals surface area contributed by atoms with Gasteiger partial charge < -0.3 is 10.4 Å². The number of aryl methyl sites for hydroxylation is 1. The first kappa shape index (κ1) is 17.4. The number of carbonyl (C=O) groups excluding carboxylic acids is 1. The molecule has 1 amide bonds. The molecule has 0 saturated heterocycles. The van der Waals surface area contributed by atoms with E-state index in [4.69, 9.17) is 5.11 Å². The number of aliphatic hydroxyl groups is 1. The van der Waals surface area contributed by atoms with Crippen molar-refractivity contribution in [2.45, 2.75) is 25.5 Å². The largest absolute Gasteiger partial charge is 0.384 e. The van der Waals surface area contributed by atoms with Crippen LogP contribution in [0.15, 0.2) is 18.2 Å². The van der Waals surface area contributed by atoms with Crippen LogP contribution in [0.3, 0.4) is 0 Å². The van der Waals surface area contributed by atoms with Gasteiger partial charge >= 0.3 is 0 Å². The van der Waals surface area contributed by atoms with E-state index in [1.54, 1.807) is 12.3 Å². The van der Waals surface area contributed by atoms with Crippen LogP contribution in [0.4, 0.5) is 0 Å². The summed E-state index contributed by atoms with van der Waals surface area (Å²) in [6, 6.07) is 5.37. The molecular weight excluding hydrogens is 286 g/mol. The van der Waals surface area contributed by atoms with Crippen LogP contribution in [0.1, 0.15) is 34.8 Å². The van der Waals surface area contributed by atoms with Gasteiger partial charge in [-0.3, -0.25) is 9.00 Å². The molecule has 0 heterocycles. The first-order valence-corrected chi connectivity index (χ1v) is 8.38. The van der Waals surface area contributed by atoms with Crippen LogP contribution < -0.4 is 5.32 Å². The molecule has 114 valence electrons. The van der Waals surface area contributed by atoms with E-state index in [0.29, 0.717) is 24.1 Å². The number of aliphatic hydroxyl groups excluding tert-OH is 1. The highest BCUT2D eigenvalue weighted by molar-refractivity contribution is 7.84. The van der Waals surface area contributed by atoms with E-state index in [1.807, 2.05) is 26.0 Å². The van der Waals surface area contributed by atoms with Crippen molar-refractivity contribution in [3.63, 3.8) is 0 Å². The fraction of sp³-hybridized carbons (Fsp3) is 0.438. The Morgan fingerprint density at radius 1 is 1.48 bits per heavy atom. The van der Waals surface area contributed by atoms with Gasteiger partial charge in [0.15, 0.2) is 0 Å². The summed E-state index contributed by atoms with van der Waals surface area (Å²) in [5.41, 5.74) is 2.14. The highest BCUT2D eigenvalue weighted by atomic mass is 32.2. The smallest absolute Gasteiger partial charge is 0.251 e. The van der Waals surface area contributed by atoms with Crippen LogP contribution >= 0.6 is 0 Å². The van der Waals surface area contributed by atoms with Crippen molar-refractivity contribution in [3.05, 3.63) is 34.9 Å². The summed E-state index contributed by atoms with van der Waals surface area (Å²) in [7, 11) is -0.875. The highest BCUT2D eigenvalue weighted by Crippen LogP contribution is 2.11. The molecule has 0 saturated carbocycles. The van der Waals surface area contributed by atoms with Crippen LogP contribution in [0.5, 0.6) is 0 Å². The lowest BCUT2D eigenvalue weighted by Crippen LogP contribution is -2.28. The summed E-state index contributed by atoms with van der Waals surface area (Å²) < 4.78 is 11.3. The zero-order valence-electron chi connectivity index (χ0n) is 12.6. The first-order valence-electron chi connectivity index (χ1n) is 6.76. The molecule has 1 aromatic rings. The number of benzene rings is 1. The average Bonchev–Trinajstić information content (AvgIpc) is 2.45. The first-order chi connectivity index (χ1) is 9.95. The van der Waals surface area contributed by atoms with Gasteiger partial charge in [-0.15, -0.1) is 0 Å². The Morgan fingerprint density at radius 3 is 2.81 bits per heavy atom. The topological polar surface area (TPSA) is 66.4 Å². The van der Waals surface area contributed by atoms with Crippen molar-refractivity contribution in [1.29, 1.82) is 0 Å². The Kier molecular flexibility index (Phi) is 7.13. The Bertz CT molecular complexity index is 587. The summed E-state index contributed by atoms with van der Waals surface area (Å²) in [5, 5.41) is 11.6. The molecule has 0 aliphatic heterocycles. The average molecular weight is 307 g/mol. The third-order valence-corrected chi connectivity index (χ3v) is 4.57. The summed E-state index contributed by atoms with van der Waals surface area (Å²) in [6.45, 7) is 4.05. The summed E-state index contributed by atoms with van der Waals surface area (Å²) >= 11 is 0. The van der Waals surface area contributed by atoms with Gasteiger partial charge in [0, 0.05) is 40.0 Å². The minimum Gasteiger partial charge on any atom is -0.384 e. The molecule has 1 aromatic carbocycles. The molecular formula is C16H21NO3S. The molecule has 0 aliphatic rings. The Morgan fingerprint density at radius 2 is 2.19 bits per heavy atom. The van der Waals surface area contributed by atoms with Crippen molar-refractivity contribution in [1.82, 2.24) is 5.32 Å². The number of rotatable bonds is 5. The van der Waals surface area contributed by atoms with Gasteiger partial charge in [0.05, 0.1) is 0 Å². The number of hydrogen-bond acceptors (Lipinski definition) is 3. The van der Waals surface area contributed by atoms with E-state index in [9.17, 15) is 9.00 Å². The predicted molar refractivity (Wildman–Crippen MR) is 85.6 cm³/mol. The minimum atomic E-state index is -0.875. The maximum atomic E-state index is 12.2. The van der Waals surface area contributed by atoms with Gasteiger partial charge in [-0.1, -0.05) is 24.8 Å². The van der Waals surface area contributed by atoms with Gasteiger partial charge in [0.25, 0.3) is 5.91 Å². The second-order valence-electron chi connectivity index (χ2n) is 4.84. The van der Waals surface area contributed by atoms with Crippen LogP contribution in [-0.4, -0.2) is 39.9 Å². The Balaban J connectivity index is 2.71. The molecule has 2 atom stereocenters. The molecule has 1 rings (SSSR count). The molecule has 0 radical (unpaired) electrons. The summed E-state index contributed by atoms with van der Waals surface area (Å²) in [5.74, 6) is 5.19. The SMILES string of the molecule is Cc1ccc(C#CCO)cc1C(=O)NCCC(C)S(C)=O. The molecule has 4 nitrogen and oxygen atoms in total. The molecule has 5 heteroatoms. The van der Waals surface area contributed by atoms with E-state index in [-0.39, 0.29) is 17.8 Å². The monoisotopic (exact) mass is 307 g/mol. The third-order valence-electron chi connectivity index (χ3n) is 3.20. The number of amides is 1. The Hall–Kier alpha value is -1.64. The van der Waals surface area contributed by atoms with Crippen molar-refractivity contribution >= 4 is 16.7 Å². The van der Waals surface area contributed by atoms with Gasteiger partial charge in [0.1, 0.15) is 6.61 Å². The van der Waals surface area contributed by atoms with E-state index in [0.717, 1.165) is 5.56 Å². The van der Waals surface area contributed by atoms with Gasteiger partial charge in [-0.2, -0.15) is 0 Å². The molecule has 0 bridgehead atoms. The fourth-order valence-corrected chi connectivity index (χ4v) is 2.19. The standard InChI is InChI=1S/C16H21NO3S/c1-12-6-7-14(5-4-10-18)11-15(12)16(19)17-9-8-13(2)21(3)20/h6-7,11,13,18H,8-10H2,1-3H3,(H,17,19). The van der Waals surface area contributed by atoms with E-state index < -0.39 is 10.8 Å². The second-order valence-corrected chi connectivity index (χ2v) is 6.65.